The van der Waals surface area contributed by atoms with Crippen molar-refractivity contribution in [2.45, 2.75) is 13.5 Å². The van der Waals surface area contributed by atoms with E-state index in [4.69, 9.17) is 14.3 Å². The summed E-state index contributed by atoms with van der Waals surface area (Å²) in [4.78, 5) is 18.7. The molecule has 0 aliphatic carbocycles. The van der Waals surface area contributed by atoms with Crippen molar-refractivity contribution in [2.24, 2.45) is 5.16 Å². The van der Waals surface area contributed by atoms with Crippen LogP contribution >= 0.6 is 0 Å². The lowest BCUT2D eigenvalue weighted by Crippen LogP contribution is -2.31. The SMILES string of the molecule is C=CCO/N=C(\C)c1ccc(OCc2ccccc2N(CC=C)C(=O)OC)cc1. The first-order chi connectivity index (χ1) is 14.1. The van der Waals surface area contributed by atoms with Gasteiger partial charge in [-0.1, -0.05) is 42.1 Å². The van der Waals surface area contributed by atoms with Crippen LogP contribution in [0.15, 0.2) is 79.0 Å². The molecule has 0 atom stereocenters. The summed E-state index contributed by atoms with van der Waals surface area (Å²) in [7, 11) is 1.35. The van der Waals surface area contributed by atoms with Crippen molar-refractivity contribution in [3.63, 3.8) is 0 Å². The fraction of sp³-hybridized carbons (Fsp3) is 0.217. The van der Waals surface area contributed by atoms with Crippen molar-refractivity contribution in [3.8, 4) is 5.75 Å². The van der Waals surface area contributed by atoms with Gasteiger partial charge in [-0.05, 0) is 42.8 Å². The van der Waals surface area contributed by atoms with Gasteiger partial charge in [0.15, 0.2) is 0 Å². The monoisotopic (exact) mass is 394 g/mol. The number of ether oxygens (including phenoxy) is 2. The summed E-state index contributed by atoms with van der Waals surface area (Å²) < 4.78 is 10.8. The molecule has 152 valence electrons. The summed E-state index contributed by atoms with van der Waals surface area (Å²) in [5.74, 6) is 0.705. The van der Waals surface area contributed by atoms with E-state index in [1.807, 2.05) is 55.5 Å². The van der Waals surface area contributed by atoms with Crippen LogP contribution in [0.2, 0.25) is 0 Å². The summed E-state index contributed by atoms with van der Waals surface area (Å²) in [5.41, 5.74) is 3.28. The van der Waals surface area contributed by atoms with Gasteiger partial charge in [0, 0.05) is 12.1 Å². The van der Waals surface area contributed by atoms with Crippen molar-refractivity contribution in [2.75, 3.05) is 25.2 Å². The van der Waals surface area contributed by atoms with Gasteiger partial charge in [0.1, 0.15) is 19.0 Å². The van der Waals surface area contributed by atoms with Gasteiger partial charge in [-0.25, -0.2) is 4.79 Å². The Morgan fingerprint density at radius 2 is 1.83 bits per heavy atom. The molecule has 0 radical (unpaired) electrons. The summed E-state index contributed by atoms with van der Waals surface area (Å²) >= 11 is 0. The van der Waals surface area contributed by atoms with Crippen LogP contribution in [0.5, 0.6) is 5.75 Å². The van der Waals surface area contributed by atoms with E-state index in [-0.39, 0.29) is 0 Å². The maximum absolute atomic E-state index is 12.1. The maximum atomic E-state index is 12.1. The smallest absolute Gasteiger partial charge is 0.414 e. The third-order valence-corrected chi connectivity index (χ3v) is 4.05. The lowest BCUT2D eigenvalue weighted by atomic mass is 10.1. The molecule has 0 N–H and O–H groups in total. The summed E-state index contributed by atoms with van der Waals surface area (Å²) in [6.07, 6.45) is 2.84. The second-order valence-corrected chi connectivity index (χ2v) is 6.07. The molecule has 0 spiro atoms. The number of benzene rings is 2. The standard InChI is InChI=1S/C23H26N2O4/c1-5-15-25(23(26)27-4)22-10-8-7-9-20(22)17-28-21-13-11-19(12-14-21)18(3)24-29-16-6-2/h5-14H,1-2,15-17H2,3-4H3/b24-18+. The summed E-state index contributed by atoms with van der Waals surface area (Å²) in [6, 6.07) is 15.1. The van der Waals surface area contributed by atoms with E-state index in [9.17, 15) is 4.79 Å². The minimum absolute atomic E-state index is 0.301. The first-order valence-electron chi connectivity index (χ1n) is 9.15. The highest BCUT2D eigenvalue weighted by atomic mass is 16.6. The number of hydrogen-bond acceptors (Lipinski definition) is 5. The second-order valence-electron chi connectivity index (χ2n) is 6.07. The van der Waals surface area contributed by atoms with Crippen LogP contribution in [0.3, 0.4) is 0 Å². The van der Waals surface area contributed by atoms with Crippen molar-refractivity contribution in [3.05, 3.63) is 85.0 Å². The van der Waals surface area contributed by atoms with Crippen LogP contribution in [0.1, 0.15) is 18.1 Å². The normalized spacial score (nSPS) is 10.8. The number of methoxy groups -OCH3 is 1. The minimum atomic E-state index is -0.449. The molecular weight excluding hydrogens is 368 g/mol. The predicted molar refractivity (Wildman–Crippen MR) is 116 cm³/mol. The Morgan fingerprint density at radius 3 is 2.48 bits per heavy atom. The lowest BCUT2D eigenvalue weighted by Gasteiger charge is -2.22. The highest BCUT2D eigenvalue weighted by molar-refractivity contribution is 5.98. The van der Waals surface area contributed by atoms with E-state index >= 15 is 0 Å². The molecule has 6 heteroatoms. The number of hydrogen-bond donors (Lipinski definition) is 0. The average Bonchev–Trinajstić information content (AvgIpc) is 2.76. The third-order valence-electron chi connectivity index (χ3n) is 4.05. The number of rotatable bonds is 10. The van der Waals surface area contributed by atoms with Gasteiger partial charge in [-0.2, -0.15) is 0 Å². The van der Waals surface area contributed by atoms with Gasteiger partial charge in [0.25, 0.3) is 0 Å². The number of nitrogens with zero attached hydrogens (tertiary/aromatic N) is 2. The summed E-state index contributed by atoms with van der Waals surface area (Å²) in [5, 5.41) is 4.03. The molecular formula is C23H26N2O4. The zero-order valence-corrected chi connectivity index (χ0v) is 16.8. The summed E-state index contributed by atoms with van der Waals surface area (Å²) in [6.45, 7) is 10.2. The van der Waals surface area contributed by atoms with Crippen LogP contribution in [0.25, 0.3) is 0 Å². The first-order valence-corrected chi connectivity index (χ1v) is 9.15. The van der Waals surface area contributed by atoms with Gasteiger partial charge < -0.3 is 14.3 Å². The quantitative estimate of drug-likeness (QED) is 0.248. The Labute approximate surface area is 171 Å². The number of anilines is 1. The van der Waals surface area contributed by atoms with Gasteiger partial charge in [0.2, 0.25) is 0 Å². The van der Waals surface area contributed by atoms with Gasteiger partial charge in [0.05, 0.1) is 18.5 Å². The van der Waals surface area contributed by atoms with Crippen molar-refractivity contribution >= 4 is 17.5 Å². The third kappa shape index (κ3) is 6.24. The maximum Gasteiger partial charge on any atom is 0.414 e. The molecule has 2 aromatic carbocycles. The van der Waals surface area contributed by atoms with Gasteiger partial charge in [-0.15, -0.1) is 6.58 Å². The average molecular weight is 394 g/mol. The molecule has 0 saturated heterocycles. The van der Waals surface area contributed by atoms with E-state index < -0.39 is 6.09 Å². The highest BCUT2D eigenvalue weighted by Gasteiger charge is 2.18. The number of para-hydroxylation sites is 1. The Morgan fingerprint density at radius 1 is 1.10 bits per heavy atom. The van der Waals surface area contributed by atoms with E-state index in [1.165, 1.54) is 12.0 Å². The molecule has 0 fully saturated rings. The van der Waals surface area contributed by atoms with E-state index in [1.54, 1.807) is 12.2 Å². The Kier molecular flexibility index (Phi) is 8.51. The molecule has 0 aromatic heterocycles. The molecule has 0 bridgehead atoms. The number of oxime groups is 1. The van der Waals surface area contributed by atoms with Crippen molar-refractivity contribution in [1.29, 1.82) is 0 Å². The fourth-order valence-corrected chi connectivity index (χ4v) is 2.60. The van der Waals surface area contributed by atoms with Crippen molar-refractivity contribution in [1.82, 2.24) is 0 Å². The van der Waals surface area contributed by atoms with Crippen LogP contribution in [0.4, 0.5) is 10.5 Å². The lowest BCUT2D eigenvalue weighted by molar-refractivity contribution is 0.175. The van der Waals surface area contributed by atoms with Crippen LogP contribution < -0.4 is 9.64 Å². The largest absolute Gasteiger partial charge is 0.489 e. The van der Waals surface area contributed by atoms with E-state index in [0.717, 1.165) is 22.5 Å². The highest BCUT2D eigenvalue weighted by Crippen LogP contribution is 2.23. The molecule has 0 saturated carbocycles. The van der Waals surface area contributed by atoms with Crippen LogP contribution in [-0.4, -0.2) is 32.1 Å². The van der Waals surface area contributed by atoms with Gasteiger partial charge >= 0.3 is 6.09 Å². The predicted octanol–water partition coefficient (Wildman–Crippen LogP) is 4.95. The fourth-order valence-electron chi connectivity index (χ4n) is 2.60. The van der Waals surface area contributed by atoms with Gasteiger partial charge in [-0.3, -0.25) is 4.90 Å². The molecule has 29 heavy (non-hydrogen) atoms. The second kappa shape index (κ2) is 11.3. The van der Waals surface area contributed by atoms with Crippen LogP contribution in [-0.2, 0) is 16.2 Å². The molecule has 0 aliphatic heterocycles. The Bertz CT molecular complexity index is 859. The molecule has 1 amide bonds. The molecule has 0 heterocycles. The Hall–Kier alpha value is -3.54. The first kappa shape index (κ1) is 21.8. The zero-order chi connectivity index (χ0) is 21.1. The van der Waals surface area contributed by atoms with Crippen molar-refractivity contribution < 1.29 is 19.1 Å². The molecule has 6 nitrogen and oxygen atoms in total. The molecule has 0 unspecified atom stereocenters. The Balaban J connectivity index is 2.10. The number of amides is 1. The minimum Gasteiger partial charge on any atom is -0.489 e. The topological polar surface area (TPSA) is 60.4 Å². The number of carbonyl (C=O) groups is 1. The zero-order valence-electron chi connectivity index (χ0n) is 16.8. The van der Waals surface area contributed by atoms with E-state index in [2.05, 4.69) is 18.3 Å². The molecule has 0 aliphatic rings. The molecule has 2 rings (SSSR count). The van der Waals surface area contributed by atoms with E-state index in [0.29, 0.717) is 25.5 Å². The van der Waals surface area contributed by atoms with Crippen LogP contribution in [0, 0.1) is 0 Å². The number of carbonyl (C=O) groups excluding carboxylic acids is 1. The molecule has 2 aromatic rings.